The summed E-state index contributed by atoms with van der Waals surface area (Å²) in [6, 6.07) is 1.62. The molecule has 0 spiro atoms. The average molecular weight is 795 g/mol. The molecule has 0 aromatic heterocycles. The van der Waals surface area contributed by atoms with Gasteiger partial charge in [-0.3, -0.25) is 38.4 Å². The lowest BCUT2D eigenvalue weighted by atomic mass is 10.0. The highest BCUT2D eigenvalue weighted by atomic mass is 32.2. The van der Waals surface area contributed by atoms with E-state index in [0.717, 1.165) is 12.0 Å². The number of nitrogens with two attached hydrogens (primary N) is 1. The van der Waals surface area contributed by atoms with E-state index in [0.29, 0.717) is 24.5 Å². The van der Waals surface area contributed by atoms with Crippen molar-refractivity contribution in [1.82, 2.24) is 37.2 Å². The van der Waals surface area contributed by atoms with Crippen LogP contribution in [0.2, 0.25) is 0 Å². The molecule has 1 aliphatic rings. The van der Waals surface area contributed by atoms with Crippen molar-refractivity contribution in [2.45, 2.75) is 101 Å². The smallest absolute Gasteiger partial charge is 0.325 e. The van der Waals surface area contributed by atoms with Gasteiger partial charge in [-0.25, -0.2) is 0 Å². The van der Waals surface area contributed by atoms with Gasteiger partial charge in [0.2, 0.25) is 41.4 Å². The van der Waals surface area contributed by atoms with Crippen LogP contribution in [0.15, 0.2) is 30.3 Å². The Labute approximate surface area is 324 Å². The Morgan fingerprint density at radius 2 is 1.22 bits per heavy atom. The molecular weight excluding hydrogens is 741 g/mol. The van der Waals surface area contributed by atoms with Gasteiger partial charge in [-0.2, -0.15) is 23.5 Å². The second kappa shape index (κ2) is 24.1. The molecule has 2 rings (SSSR count). The molecule has 0 bridgehead atoms. The molecule has 10 N–H and O–H groups in total. The molecular formula is C35H54N8O9S2. The van der Waals surface area contributed by atoms with Crippen molar-refractivity contribution in [1.29, 1.82) is 0 Å². The second-order valence-corrected chi connectivity index (χ2v) is 14.9. The molecule has 1 saturated heterocycles. The Hall–Kier alpha value is -4.36. The van der Waals surface area contributed by atoms with Gasteiger partial charge >= 0.3 is 5.97 Å². The highest BCUT2D eigenvalue weighted by Crippen LogP contribution is 2.10. The van der Waals surface area contributed by atoms with Crippen LogP contribution in [0, 0.1) is 0 Å². The molecule has 17 nitrogen and oxygen atoms in total. The first kappa shape index (κ1) is 45.8. The van der Waals surface area contributed by atoms with Crippen LogP contribution in [-0.2, 0) is 44.8 Å². The van der Waals surface area contributed by atoms with E-state index >= 15 is 0 Å². The predicted octanol–water partition coefficient (Wildman–Crippen LogP) is -1.21. The molecule has 54 heavy (non-hydrogen) atoms. The average Bonchev–Trinajstić information content (AvgIpc) is 3.68. The van der Waals surface area contributed by atoms with Crippen molar-refractivity contribution in [3.63, 3.8) is 0 Å². The van der Waals surface area contributed by atoms with Crippen LogP contribution in [0.5, 0.6) is 0 Å². The molecule has 0 aliphatic carbocycles. The van der Waals surface area contributed by atoms with E-state index in [1.807, 2.05) is 30.3 Å². The molecule has 1 fully saturated rings. The van der Waals surface area contributed by atoms with Crippen LogP contribution >= 0.6 is 23.5 Å². The monoisotopic (exact) mass is 794 g/mol. The summed E-state index contributed by atoms with van der Waals surface area (Å²) in [5.74, 6) is -5.09. The first-order chi connectivity index (χ1) is 25.7. The van der Waals surface area contributed by atoms with Crippen LogP contribution in [0.1, 0.15) is 57.9 Å². The minimum Gasteiger partial charge on any atom is -0.480 e. The maximum absolute atomic E-state index is 13.6. The van der Waals surface area contributed by atoms with Crippen molar-refractivity contribution < 1.29 is 43.5 Å². The van der Waals surface area contributed by atoms with Crippen LogP contribution in [0.25, 0.3) is 0 Å². The third-order valence-corrected chi connectivity index (χ3v) is 9.86. The fourth-order valence-corrected chi connectivity index (χ4v) is 6.34. The first-order valence-corrected chi connectivity index (χ1v) is 20.5. The molecule has 7 amide bonds. The summed E-state index contributed by atoms with van der Waals surface area (Å²) < 4.78 is 0. The fourth-order valence-electron chi connectivity index (χ4n) is 5.40. The quantitative estimate of drug-likeness (QED) is 0.0597. The lowest BCUT2D eigenvalue weighted by molar-refractivity contribution is -0.141. The zero-order chi connectivity index (χ0) is 40.2. The number of carbonyl (C=O) groups excluding carboxylic acids is 7. The van der Waals surface area contributed by atoms with Gasteiger partial charge < -0.3 is 48.1 Å². The van der Waals surface area contributed by atoms with Crippen molar-refractivity contribution in [3.8, 4) is 0 Å². The summed E-state index contributed by atoms with van der Waals surface area (Å²) in [6.45, 7) is 3.40. The zero-order valence-electron chi connectivity index (χ0n) is 31.1. The van der Waals surface area contributed by atoms with E-state index in [1.54, 1.807) is 12.5 Å². The summed E-state index contributed by atoms with van der Waals surface area (Å²) in [6.07, 6.45) is 4.99. The summed E-state index contributed by atoms with van der Waals surface area (Å²) in [5, 5.41) is 27.8. The van der Waals surface area contributed by atoms with E-state index in [1.165, 1.54) is 37.4 Å². The third kappa shape index (κ3) is 16.3. The van der Waals surface area contributed by atoms with Gasteiger partial charge in [0.1, 0.15) is 36.3 Å². The van der Waals surface area contributed by atoms with Gasteiger partial charge in [-0.1, -0.05) is 30.3 Å². The predicted molar refractivity (Wildman–Crippen MR) is 206 cm³/mol. The Morgan fingerprint density at radius 3 is 1.72 bits per heavy atom. The minimum absolute atomic E-state index is 0.135. The number of benzene rings is 1. The van der Waals surface area contributed by atoms with Gasteiger partial charge in [0.15, 0.2) is 0 Å². The molecule has 0 radical (unpaired) electrons. The number of carboxylic acids is 1. The lowest BCUT2D eigenvalue weighted by Crippen LogP contribution is -2.59. The van der Waals surface area contributed by atoms with Crippen molar-refractivity contribution in [2.75, 3.05) is 30.6 Å². The van der Waals surface area contributed by atoms with Gasteiger partial charge in [-0.05, 0) is 82.1 Å². The first-order valence-electron chi connectivity index (χ1n) is 17.7. The summed E-state index contributed by atoms with van der Waals surface area (Å²) >= 11 is 2.80. The van der Waals surface area contributed by atoms with E-state index in [9.17, 15) is 43.5 Å². The number of hydrogen-bond acceptors (Lipinski definition) is 11. The van der Waals surface area contributed by atoms with Crippen molar-refractivity contribution >= 4 is 70.8 Å². The molecule has 0 saturated carbocycles. The SMILES string of the molecule is CSCC[C@H](NC(=O)[C@H](C)NC(=O)[C@H](Cc1ccccc1)NC(=O)[C@@H]1CCCN1)C(=O)N[C@@H](CCC(N)=O)C(=O)N[C@@H](CCSC)C(=O)N[C@@H](C)C(=O)O. The number of carboxylic acid groups (broad SMARTS) is 1. The Bertz CT molecular complexity index is 1450. The number of hydrogen-bond donors (Lipinski definition) is 9. The van der Waals surface area contributed by atoms with E-state index in [-0.39, 0.29) is 38.0 Å². The second-order valence-electron chi connectivity index (χ2n) is 13.0. The largest absolute Gasteiger partial charge is 0.480 e. The standard InChI is InChI=1S/C35H54N8O9S2/c1-20(38-34(50)27(19-22-9-6-5-7-10-22)43-30(46)23-11-8-16-37-23)29(45)40-26(15-18-54-4)33(49)41-24(12-13-28(36)44)32(48)42-25(14-17-53-3)31(47)39-21(2)35(51)52/h5-7,9-10,20-21,23-27,37H,8,11-19H2,1-4H3,(H2,36,44)(H,38,50)(H,39,47)(H,40,45)(H,41,49)(H,42,48)(H,43,46)(H,51,52)/t20-,21-,23-,24-,25-,26-,27-/m0/s1. The van der Waals surface area contributed by atoms with E-state index in [4.69, 9.17) is 5.73 Å². The molecule has 1 aromatic carbocycles. The van der Waals surface area contributed by atoms with Crippen molar-refractivity contribution in [2.24, 2.45) is 5.73 Å². The fraction of sp³-hybridized carbons (Fsp3) is 0.600. The van der Waals surface area contributed by atoms with Gasteiger partial charge in [0.25, 0.3) is 0 Å². The topological polar surface area (TPSA) is 267 Å². The molecule has 1 aliphatic heterocycles. The van der Waals surface area contributed by atoms with Crippen LogP contribution in [0.4, 0.5) is 0 Å². The summed E-state index contributed by atoms with van der Waals surface area (Å²) in [7, 11) is 0. The highest BCUT2D eigenvalue weighted by molar-refractivity contribution is 7.98. The van der Waals surface area contributed by atoms with Crippen LogP contribution in [-0.4, -0.2) is 125 Å². The van der Waals surface area contributed by atoms with Gasteiger partial charge in [0.05, 0.1) is 6.04 Å². The van der Waals surface area contributed by atoms with Gasteiger partial charge in [-0.15, -0.1) is 0 Å². The Morgan fingerprint density at radius 1 is 0.722 bits per heavy atom. The molecule has 0 unspecified atom stereocenters. The lowest BCUT2D eigenvalue weighted by Gasteiger charge is -2.26. The molecule has 1 aromatic rings. The summed E-state index contributed by atoms with van der Waals surface area (Å²) in [5.41, 5.74) is 6.13. The molecule has 300 valence electrons. The van der Waals surface area contributed by atoms with Crippen LogP contribution < -0.4 is 43.0 Å². The minimum atomic E-state index is -1.35. The van der Waals surface area contributed by atoms with Gasteiger partial charge in [0, 0.05) is 12.8 Å². The van der Waals surface area contributed by atoms with Crippen LogP contribution in [0.3, 0.4) is 0 Å². The number of thioether (sulfide) groups is 2. The number of rotatable bonds is 24. The Balaban J connectivity index is 2.19. The highest BCUT2D eigenvalue weighted by Gasteiger charge is 2.33. The molecule has 7 atom stereocenters. The molecule has 1 heterocycles. The van der Waals surface area contributed by atoms with E-state index < -0.39 is 83.7 Å². The maximum Gasteiger partial charge on any atom is 0.325 e. The summed E-state index contributed by atoms with van der Waals surface area (Å²) in [4.78, 5) is 103. The van der Waals surface area contributed by atoms with E-state index in [2.05, 4.69) is 37.2 Å². The number of nitrogens with one attached hydrogen (secondary N) is 7. The Kier molecular flexibility index (Phi) is 20.5. The normalized spacial score (nSPS) is 17.0. The zero-order valence-corrected chi connectivity index (χ0v) is 32.7. The number of amides is 7. The molecule has 19 heteroatoms. The third-order valence-electron chi connectivity index (χ3n) is 8.57. The number of carbonyl (C=O) groups is 8. The number of primary amides is 1. The maximum atomic E-state index is 13.6. The van der Waals surface area contributed by atoms with Crippen molar-refractivity contribution in [3.05, 3.63) is 35.9 Å². The number of aliphatic carboxylic acids is 1.